The zero-order chi connectivity index (χ0) is 13.5. The van der Waals surface area contributed by atoms with Gasteiger partial charge in [0.2, 0.25) is 11.9 Å². The molecule has 0 aromatic carbocycles. The van der Waals surface area contributed by atoms with Crippen LogP contribution in [0.1, 0.15) is 13.8 Å². The summed E-state index contributed by atoms with van der Waals surface area (Å²) in [5.74, 6) is 1.13. The molecule has 18 heavy (non-hydrogen) atoms. The average Bonchev–Trinajstić information content (AvgIpc) is 2.27. The van der Waals surface area contributed by atoms with Crippen LogP contribution in [-0.2, 0) is 4.74 Å². The number of aromatic nitrogens is 3. The van der Waals surface area contributed by atoms with Crippen molar-refractivity contribution in [1.82, 2.24) is 15.0 Å². The van der Waals surface area contributed by atoms with Crippen molar-refractivity contribution in [2.45, 2.75) is 13.8 Å². The number of rotatable bonds is 7. The Morgan fingerprint density at radius 3 is 2.50 bits per heavy atom. The molecule has 2 N–H and O–H groups in total. The van der Waals surface area contributed by atoms with Crippen molar-refractivity contribution >= 4 is 11.9 Å². The number of nitrogens with two attached hydrogens (primary N) is 1. The molecule has 0 fully saturated rings. The van der Waals surface area contributed by atoms with Crippen LogP contribution in [0.2, 0.25) is 0 Å². The molecule has 0 unspecified atom stereocenters. The highest BCUT2D eigenvalue weighted by Crippen LogP contribution is 2.10. The van der Waals surface area contributed by atoms with Gasteiger partial charge in [-0.3, -0.25) is 0 Å². The Labute approximate surface area is 107 Å². The molecule has 0 saturated carbocycles. The second kappa shape index (κ2) is 6.95. The summed E-state index contributed by atoms with van der Waals surface area (Å²) in [4.78, 5) is 13.7. The van der Waals surface area contributed by atoms with Crippen LogP contribution in [0.15, 0.2) is 0 Å². The molecule has 1 aromatic rings. The number of ether oxygens (including phenoxy) is 2. The largest absolute Gasteiger partial charge is 0.461 e. The van der Waals surface area contributed by atoms with Crippen molar-refractivity contribution in [3.8, 4) is 6.01 Å². The van der Waals surface area contributed by atoms with Gasteiger partial charge < -0.3 is 20.1 Å². The molecule has 0 bridgehead atoms. The topological polar surface area (TPSA) is 86.4 Å². The Morgan fingerprint density at radius 1 is 1.17 bits per heavy atom. The van der Waals surface area contributed by atoms with Crippen molar-refractivity contribution in [3.63, 3.8) is 0 Å². The van der Waals surface area contributed by atoms with Crippen LogP contribution in [0.5, 0.6) is 6.01 Å². The first-order valence-corrected chi connectivity index (χ1v) is 5.88. The summed E-state index contributed by atoms with van der Waals surface area (Å²) in [6.45, 7) is 5.80. The molecule has 0 aliphatic heterocycles. The lowest BCUT2D eigenvalue weighted by Crippen LogP contribution is -2.17. The molecule has 1 aromatic heterocycles. The Hall–Kier alpha value is -1.63. The maximum atomic E-state index is 5.57. The number of nitrogens with zero attached hydrogens (tertiary/aromatic N) is 4. The minimum absolute atomic E-state index is 0.145. The Balaban J connectivity index is 2.42. The van der Waals surface area contributed by atoms with Gasteiger partial charge in [0.1, 0.15) is 6.61 Å². The molecule has 0 radical (unpaired) electrons. The fraction of sp³-hybridized carbons (Fsp3) is 0.727. The van der Waals surface area contributed by atoms with Gasteiger partial charge in [-0.2, -0.15) is 15.0 Å². The summed E-state index contributed by atoms with van der Waals surface area (Å²) >= 11 is 0. The Bertz CT molecular complexity index is 370. The molecule has 1 rings (SSSR count). The van der Waals surface area contributed by atoms with E-state index in [1.807, 2.05) is 14.1 Å². The number of hydrogen-bond acceptors (Lipinski definition) is 7. The summed E-state index contributed by atoms with van der Waals surface area (Å²) < 4.78 is 10.8. The van der Waals surface area contributed by atoms with Gasteiger partial charge in [0, 0.05) is 20.7 Å². The molecule has 0 spiro atoms. The first-order chi connectivity index (χ1) is 8.49. The monoisotopic (exact) mass is 255 g/mol. The van der Waals surface area contributed by atoms with E-state index in [0.717, 1.165) is 0 Å². The van der Waals surface area contributed by atoms with Crippen LogP contribution in [0.3, 0.4) is 0 Å². The third-order valence-corrected chi connectivity index (χ3v) is 1.93. The van der Waals surface area contributed by atoms with Gasteiger partial charge in [0.25, 0.3) is 0 Å². The van der Waals surface area contributed by atoms with Crippen molar-refractivity contribution in [2.75, 3.05) is 44.5 Å². The second-order valence-corrected chi connectivity index (χ2v) is 4.49. The highest BCUT2D eigenvalue weighted by Gasteiger charge is 2.06. The summed E-state index contributed by atoms with van der Waals surface area (Å²) in [7, 11) is 3.65. The molecule has 0 atom stereocenters. The molecule has 1 heterocycles. The minimum atomic E-state index is 0.145. The van der Waals surface area contributed by atoms with Gasteiger partial charge >= 0.3 is 6.01 Å². The Morgan fingerprint density at radius 2 is 1.89 bits per heavy atom. The predicted octanol–water partition coefficient (Wildman–Crippen LogP) is 0.571. The Kier molecular flexibility index (Phi) is 5.57. The molecule has 0 amide bonds. The number of nitrogen functional groups attached to an aromatic ring is 1. The lowest BCUT2D eigenvalue weighted by molar-refractivity contribution is 0.0792. The fourth-order valence-corrected chi connectivity index (χ4v) is 1.14. The molecule has 7 heteroatoms. The van der Waals surface area contributed by atoms with Crippen molar-refractivity contribution in [3.05, 3.63) is 0 Å². The summed E-state index contributed by atoms with van der Waals surface area (Å²) in [5.41, 5.74) is 5.57. The third kappa shape index (κ3) is 5.13. The standard InChI is InChI=1S/C11H21N5O2/c1-8(2)7-17-5-6-18-11-14-9(12)13-10(15-11)16(3)4/h8H,5-7H2,1-4H3,(H2,12,13,14,15). The number of hydrogen-bond donors (Lipinski definition) is 1. The van der Waals surface area contributed by atoms with Crippen LogP contribution in [0, 0.1) is 5.92 Å². The van der Waals surface area contributed by atoms with Crippen molar-refractivity contribution < 1.29 is 9.47 Å². The average molecular weight is 255 g/mol. The van der Waals surface area contributed by atoms with Gasteiger partial charge in [-0.25, -0.2) is 0 Å². The first-order valence-electron chi connectivity index (χ1n) is 5.88. The van der Waals surface area contributed by atoms with Gasteiger partial charge in [-0.1, -0.05) is 13.8 Å². The fourth-order valence-electron chi connectivity index (χ4n) is 1.14. The van der Waals surface area contributed by atoms with Gasteiger partial charge in [0.15, 0.2) is 0 Å². The lowest BCUT2D eigenvalue weighted by Gasteiger charge is -2.12. The van der Waals surface area contributed by atoms with Crippen LogP contribution in [0.4, 0.5) is 11.9 Å². The smallest absolute Gasteiger partial charge is 0.323 e. The van der Waals surface area contributed by atoms with E-state index in [-0.39, 0.29) is 12.0 Å². The molecular formula is C11H21N5O2. The van der Waals surface area contributed by atoms with E-state index in [1.54, 1.807) is 4.90 Å². The maximum absolute atomic E-state index is 5.57. The van der Waals surface area contributed by atoms with Crippen LogP contribution >= 0.6 is 0 Å². The maximum Gasteiger partial charge on any atom is 0.323 e. The van der Waals surface area contributed by atoms with E-state index in [1.165, 1.54) is 0 Å². The van der Waals surface area contributed by atoms with E-state index in [2.05, 4.69) is 28.8 Å². The molecule has 0 aliphatic carbocycles. The molecule has 102 valence electrons. The van der Waals surface area contributed by atoms with E-state index in [4.69, 9.17) is 15.2 Å². The van der Waals surface area contributed by atoms with Crippen molar-refractivity contribution in [1.29, 1.82) is 0 Å². The highest BCUT2D eigenvalue weighted by molar-refractivity contribution is 5.33. The number of anilines is 2. The summed E-state index contributed by atoms with van der Waals surface area (Å²) in [5, 5.41) is 0. The zero-order valence-electron chi connectivity index (χ0n) is 11.4. The normalized spacial score (nSPS) is 10.7. The van der Waals surface area contributed by atoms with Gasteiger partial charge in [-0.15, -0.1) is 0 Å². The predicted molar refractivity (Wildman–Crippen MR) is 69.7 cm³/mol. The van der Waals surface area contributed by atoms with Gasteiger partial charge in [-0.05, 0) is 5.92 Å². The summed E-state index contributed by atoms with van der Waals surface area (Å²) in [6.07, 6.45) is 0. The highest BCUT2D eigenvalue weighted by atomic mass is 16.5. The SMILES string of the molecule is CC(C)COCCOc1nc(N)nc(N(C)C)n1. The second-order valence-electron chi connectivity index (χ2n) is 4.49. The van der Waals surface area contributed by atoms with E-state index in [0.29, 0.717) is 31.7 Å². The molecular weight excluding hydrogens is 234 g/mol. The molecule has 7 nitrogen and oxygen atoms in total. The van der Waals surface area contributed by atoms with E-state index in [9.17, 15) is 0 Å². The first kappa shape index (κ1) is 14.4. The summed E-state index contributed by atoms with van der Waals surface area (Å²) in [6, 6.07) is 0.222. The van der Waals surface area contributed by atoms with Crippen molar-refractivity contribution in [2.24, 2.45) is 5.92 Å². The minimum Gasteiger partial charge on any atom is -0.461 e. The zero-order valence-corrected chi connectivity index (χ0v) is 11.4. The lowest BCUT2D eigenvalue weighted by atomic mass is 10.2. The van der Waals surface area contributed by atoms with Crippen LogP contribution in [-0.4, -0.2) is 48.9 Å². The quantitative estimate of drug-likeness (QED) is 0.713. The molecule has 0 aliphatic rings. The van der Waals surface area contributed by atoms with Crippen LogP contribution < -0.4 is 15.4 Å². The van der Waals surface area contributed by atoms with Crippen LogP contribution in [0.25, 0.3) is 0 Å². The van der Waals surface area contributed by atoms with Gasteiger partial charge in [0.05, 0.1) is 6.61 Å². The third-order valence-electron chi connectivity index (χ3n) is 1.93. The molecule has 0 saturated heterocycles. The van der Waals surface area contributed by atoms with E-state index >= 15 is 0 Å². The van der Waals surface area contributed by atoms with E-state index < -0.39 is 0 Å².